The first-order valence-corrected chi connectivity index (χ1v) is 8.08. The first kappa shape index (κ1) is 15.7. The van der Waals surface area contributed by atoms with E-state index < -0.39 is 0 Å². The minimum atomic E-state index is 0.00742. The highest BCUT2D eigenvalue weighted by molar-refractivity contribution is 5.90. The summed E-state index contributed by atoms with van der Waals surface area (Å²) in [6.07, 6.45) is 5.34. The molecule has 2 aromatic heterocycles. The van der Waals surface area contributed by atoms with Gasteiger partial charge in [0.15, 0.2) is 5.82 Å². The maximum absolute atomic E-state index is 12.1. The van der Waals surface area contributed by atoms with Gasteiger partial charge in [0, 0.05) is 18.2 Å². The molecule has 6 nitrogen and oxygen atoms in total. The largest absolute Gasteiger partial charge is 0.327 e. The fourth-order valence-corrected chi connectivity index (χ4v) is 3.22. The van der Waals surface area contributed by atoms with Crippen LogP contribution in [0.5, 0.6) is 0 Å². The van der Waals surface area contributed by atoms with Crippen molar-refractivity contribution in [2.45, 2.75) is 45.6 Å². The molecule has 1 aliphatic carbocycles. The molecule has 23 heavy (non-hydrogen) atoms. The molecular formula is C17H23N5O. The molecule has 3 N–H and O–H groups in total. The smallest absolute Gasteiger partial charge is 0.224 e. The average Bonchev–Trinajstić information content (AvgIpc) is 3.05. The van der Waals surface area contributed by atoms with E-state index in [0.29, 0.717) is 18.0 Å². The molecule has 0 aromatic carbocycles. The highest BCUT2D eigenvalue weighted by Gasteiger charge is 2.26. The zero-order valence-corrected chi connectivity index (χ0v) is 13.6. The van der Waals surface area contributed by atoms with Crippen molar-refractivity contribution < 1.29 is 4.79 Å². The van der Waals surface area contributed by atoms with Crippen LogP contribution in [0.25, 0.3) is 5.82 Å². The molecule has 1 fully saturated rings. The molecule has 2 atom stereocenters. The van der Waals surface area contributed by atoms with Crippen LogP contribution in [0, 0.1) is 19.8 Å². The molecule has 0 aliphatic heterocycles. The lowest BCUT2D eigenvalue weighted by Crippen LogP contribution is -2.28. The Hall–Kier alpha value is -2.21. The summed E-state index contributed by atoms with van der Waals surface area (Å²) in [5.41, 5.74) is 8.70. The lowest BCUT2D eigenvalue weighted by Gasteiger charge is -2.14. The normalized spacial score (nSPS) is 20.7. The van der Waals surface area contributed by atoms with E-state index in [0.717, 1.165) is 36.5 Å². The third-order valence-corrected chi connectivity index (χ3v) is 4.42. The Labute approximate surface area is 136 Å². The number of rotatable bonds is 4. The Bertz CT molecular complexity index is 692. The summed E-state index contributed by atoms with van der Waals surface area (Å²) < 4.78 is 1.79. The lowest BCUT2D eigenvalue weighted by atomic mass is 10.00. The maximum atomic E-state index is 12.1. The fraction of sp³-hybridized carbons (Fsp3) is 0.471. The molecule has 1 saturated carbocycles. The van der Waals surface area contributed by atoms with E-state index >= 15 is 0 Å². The molecule has 6 heteroatoms. The molecule has 0 unspecified atom stereocenters. The standard InChI is InChI=1S/C17H23N5O/c1-11-8-12(2)22(21-11)16-7-6-14(10-19-16)20-17(23)9-13-4-3-5-15(13)18/h6-8,10,13,15H,3-5,9,18H2,1-2H3,(H,20,23)/t13-,15+/m0/s1. The van der Waals surface area contributed by atoms with E-state index in [4.69, 9.17) is 5.73 Å². The van der Waals surface area contributed by atoms with E-state index in [1.54, 1.807) is 10.9 Å². The van der Waals surface area contributed by atoms with Gasteiger partial charge >= 0.3 is 0 Å². The summed E-state index contributed by atoms with van der Waals surface area (Å²) in [4.78, 5) is 16.5. The number of hydrogen-bond donors (Lipinski definition) is 2. The third-order valence-electron chi connectivity index (χ3n) is 4.42. The molecule has 2 heterocycles. The Morgan fingerprint density at radius 3 is 2.78 bits per heavy atom. The molecule has 0 bridgehead atoms. The van der Waals surface area contributed by atoms with Crippen molar-refractivity contribution in [3.8, 4) is 5.82 Å². The van der Waals surface area contributed by atoms with Crippen molar-refractivity contribution in [1.82, 2.24) is 14.8 Å². The first-order valence-electron chi connectivity index (χ1n) is 8.08. The topological polar surface area (TPSA) is 85.8 Å². The zero-order chi connectivity index (χ0) is 16.4. The number of hydrogen-bond acceptors (Lipinski definition) is 4. The predicted molar refractivity (Wildman–Crippen MR) is 89.4 cm³/mol. The molecule has 1 aliphatic rings. The van der Waals surface area contributed by atoms with E-state index in [1.165, 1.54) is 0 Å². The summed E-state index contributed by atoms with van der Waals surface area (Å²) in [6.45, 7) is 3.94. The molecule has 0 radical (unpaired) electrons. The second kappa shape index (κ2) is 6.50. The van der Waals surface area contributed by atoms with Crippen LogP contribution in [-0.4, -0.2) is 26.7 Å². The van der Waals surface area contributed by atoms with Gasteiger partial charge in [0.25, 0.3) is 0 Å². The number of nitrogens with one attached hydrogen (secondary N) is 1. The fourth-order valence-electron chi connectivity index (χ4n) is 3.22. The molecule has 0 spiro atoms. The van der Waals surface area contributed by atoms with Crippen LogP contribution in [0.1, 0.15) is 37.1 Å². The quantitative estimate of drug-likeness (QED) is 0.907. The van der Waals surface area contributed by atoms with Crippen LogP contribution in [-0.2, 0) is 4.79 Å². The van der Waals surface area contributed by atoms with Gasteiger partial charge < -0.3 is 11.1 Å². The highest BCUT2D eigenvalue weighted by Crippen LogP contribution is 2.27. The summed E-state index contributed by atoms with van der Waals surface area (Å²) in [5.74, 6) is 1.05. The zero-order valence-electron chi connectivity index (χ0n) is 13.6. The van der Waals surface area contributed by atoms with Crippen molar-refractivity contribution in [3.63, 3.8) is 0 Å². The van der Waals surface area contributed by atoms with Crippen molar-refractivity contribution in [3.05, 3.63) is 35.8 Å². The van der Waals surface area contributed by atoms with E-state index in [2.05, 4.69) is 15.4 Å². The number of pyridine rings is 1. The molecular weight excluding hydrogens is 290 g/mol. The van der Waals surface area contributed by atoms with Gasteiger partial charge in [0.2, 0.25) is 5.91 Å². The third kappa shape index (κ3) is 3.59. The summed E-state index contributed by atoms with van der Waals surface area (Å²) in [6, 6.07) is 5.87. The summed E-state index contributed by atoms with van der Waals surface area (Å²) in [7, 11) is 0. The van der Waals surface area contributed by atoms with Crippen LogP contribution < -0.4 is 11.1 Å². The van der Waals surface area contributed by atoms with Crippen molar-refractivity contribution in [2.75, 3.05) is 5.32 Å². The first-order chi connectivity index (χ1) is 11.0. The SMILES string of the molecule is Cc1cc(C)n(-c2ccc(NC(=O)C[C@@H]3CCC[C@H]3N)cn2)n1. The van der Waals surface area contributed by atoms with Crippen molar-refractivity contribution in [2.24, 2.45) is 11.7 Å². The Kier molecular flexibility index (Phi) is 4.43. The van der Waals surface area contributed by atoms with Crippen LogP contribution in [0.2, 0.25) is 0 Å². The van der Waals surface area contributed by atoms with Crippen LogP contribution in [0.4, 0.5) is 5.69 Å². The van der Waals surface area contributed by atoms with Gasteiger partial charge in [-0.3, -0.25) is 4.79 Å². The molecule has 122 valence electrons. The number of nitrogens with zero attached hydrogens (tertiary/aromatic N) is 3. The molecule has 1 amide bonds. The van der Waals surface area contributed by atoms with Gasteiger partial charge in [-0.05, 0) is 50.8 Å². The molecule has 0 saturated heterocycles. The number of amides is 1. The molecule has 2 aromatic rings. The number of carbonyl (C=O) groups is 1. The van der Waals surface area contributed by atoms with Gasteiger partial charge in [0.05, 0.1) is 17.6 Å². The van der Waals surface area contributed by atoms with E-state index in [9.17, 15) is 4.79 Å². The van der Waals surface area contributed by atoms with Crippen LogP contribution >= 0.6 is 0 Å². The average molecular weight is 313 g/mol. The number of anilines is 1. The van der Waals surface area contributed by atoms with Gasteiger partial charge in [-0.1, -0.05) is 6.42 Å². The number of carbonyl (C=O) groups excluding carboxylic acids is 1. The van der Waals surface area contributed by atoms with Crippen LogP contribution in [0.3, 0.4) is 0 Å². The number of aryl methyl sites for hydroxylation is 2. The number of aromatic nitrogens is 3. The van der Waals surface area contributed by atoms with Gasteiger partial charge in [-0.2, -0.15) is 5.10 Å². The highest BCUT2D eigenvalue weighted by atomic mass is 16.1. The van der Waals surface area contributed by atoms with Gasteiger partial charge in [0.1, 0.15) is 0 Å². The second-order valence-corrected chi connectivity index (χ2v) is 6.35. The second-order valence-electron chi connectivity index (χ2n) is 6.35. The van der Waals surface area contributed by atoms with E-state index in [-0.39, 0.29) is 11.9 Å². The van der Waals surface area contributed by atoms with Crippen molar-refractivity contribution in [1.29, 1.82) is 0 Å². The Morgan fingerprint density at radius 1 is 1.39 bits per heavy atom. The van der Waals surface area contributed by atoms with Gasteiger partial charge in [-0.15, -0.1) is 0 Å². The minimum Gasteiger partial charge on any atom is -0.327 e. The Balaban J connectivity index is 1.63. The van der Waals surface area contributed by atoms with Crippen molar-refractivity contribution >= 4 is 11.6 Å². The van der Waals surface area contributed by atoms with Gasteiger partial charge in [-0.25, -0.2) is 9.67 Å². The van der Waals surface area contributed by atoms with E-state index in [1.807, 2.05) is 32.0 Å². The van der Waals surface area contributed by atoms with Crippen LogP contribution in [0.15, 0.2) is 24.4 Å². The summed E-state index contributed by atoms with van der Waals surface area (Å²) in [5, 5.41) is 7.30. The maximum Gasteiger partial charge on any atom is 0.224 e. The predicted octanol–water partition coefficient (Wildman–Crippen LogP) is 2.34. The lowest BCUT2D eigenvalue weighted by molar-refractivity contribution is -0.117. The summed E-state index contributed by atoms with van der Waals surface area (Å²) >= 11 is 0. The monoisotopic (exact) mass is 313 g/mol. The Morgan fingerprint density at radius 2 is 2.22 bits per heavy atom. The number of nitrogens with two attached hydrogens (primary N) is 1. The molecule has 3 rings (SSSR count). The minimum absolute atomic E-state index is 0.00742.